The van der Waals surface area contributed by atoms with Gasteiger partial charge in [-0.15, -0.1) is 0 Å². The quantitative estimate of drug-likeness (QED) is 0.689. The summed E-state index contributed by atoms with van der Waals surface area (Å²) in [7, 11) is 0. The summed E-state index contributed by atoms with van der Waals surface area (Å²) in [5, 5.41) is 8.92. The average molecular weight is 190 g/mol. The van der Waals surface area contributed by atoms with Crippen LogP contribution in [0.5, 0.6) is 5.75 Å². The van der Waals surface area contributed by atoms with E-state index in [0.29, 0.717) is 0 Å². The van der Waals surface area contributed by atoms with Crippen molar-refractivity contribution >= 4 is 5.78 Å². The number of alkyl halides is 3. The maximum absolute atomic E-state index is 11.9. The summed E-state index contributed by atoms with van der Waals surface area (Å²) in [5.41, 5.74) is -0.727. The van der Waals surface area contributed by atoms with Crippen molar-refractivity contribution in [3.8, 4) is 5.75 Å². The van der Waals surface area contributed by atoms with Crippen LogP contribution in [-0.2, 0) is 0 Å². The predicted octanol–water partition coefficient (Wildman–Crippen LogP) is 2.14. The molecule has 0 spiro atoms. The molecule has 1 aromatic rings. The highest BCUT2D eigenvalue weighted by molar-refractivity contribution is 6.02. The Morgan fingerprint density at radius 2 is 1.77 bits per heavy atom. The van der Waals surface area contributed by atoms with Gasteiger partial charge in [-0.3, -0.25) is 4.79 Å². The van der Waals surface area contributed by atoms with Crippen LogP contribution in [-0.4, -0.2) is 17.1 Å². The maximum atomic E-state index is 11.9. The molecule has 0 saturated carbocycles. The van der Waals surface area contributed by atoms with E-state index in [1.807, 2.05) is 0 Å². The van der Waals surface area contributed by atoms with Gasteiger partial charge in [0, 0.05) is 0 Å². The SMILES string of the molecule is O=C(c1ccccc1O)C(F)(F)F. The third-order valence-corrected chi connectivity index (χ3v) is 1.41. The lowest BCUT2D eigenvalue weighted by molar-refractivity contribution is -0.0886. The molecule has 0 aromatic heterocycles. The number of aromatic hydroxyl groups is 1. The number of carbonyl (C=O) groups is 1. The lowest BCUT2D eigenvalue weighted by Crippen LogP contribution is -2.22. The van der Waals surface area contributed by atoms with Crippen LogP contribution in [0, 0.1) is 0 Å². The highest BCUT2D eigenvalue weighted by atomic mass is 19.4. The zero-order chi connectivity index (χ0) is 10.1. The zero-order valence-electron chi connectivity index (χ0n) is 6.30. The van der Waals surface area contributed by atoms with Crippen molar-refractivity contribution < 1.29 is 23.1 Å². The van der Waals surface area contributed by atoms with Crippen molar-refractivity contribution in [3.63, 3.8) is 0 Å². The Morgan fingerprint density at radius 3 is 2.23 bits per heavy atom. The van der Waals surface area contributed by atoms with Crippen LogP contribution < -0.4 is 0 Å². The van der Waals surface area contributed by atoms with Crippen LogP contribution in [0.4, 0.5) is 13.2 Å². The summed E-state index contributed by atoms with van der Waals surface area (Å²) >= 11 is 0. The minimum Gasteiger partial charge on any atom is -0.507 e. The van der Waals surface area contributed by atoms with E-state index in [-0.39, 0.29) is 0 Å². The molecule has 0 amide bonds. The van der Waals surface area contributed by atoms with Crippen LogP contribution >= 0.6 is 0 Å². The molecule has 0 atom stereocenters. The largest absolute Gasteiger partial charge is 0.507 e. The van der Waals surface area contributed by atoms with E-state index in [0.717, 1.165) is 12.1 Å². The fourth-order valence-electron chi connectivity index (χ4n) is 0.818. The number of benzene rings is 1. The summed E-state index contributed by atoms with van der Waals surface area (Å²) in [6.07, 6.45) is -4.95. The van der Waals surface area contributed by atoms with Gasteiger partial charge in [0.05, 0.1) is 5.56 Å². The van der Waals surface area contributed by atoms with Crippen molar-refractivity contribution in [1.29, 1.82) is 0 Å². The molecule has 0 radical (unpaired) electrons. The minimum absolute atomic E-state index is 0.662. The van der Waals surface area contributed by atoms with E-state index < -0.39 is 23.3 Å². The molecule has 5 heteroatoms. The predicted molar refractivity (Wildman–Crippen MR) is 38.5 cm³/mol. The third kappa shape index (κ3) is 1.99. The average Bonchev–Trinajstić information content (AvgIpc) is 2.02. The minimum atomic E-state index is -4.95. The molecule has 2 nitrogen and oxygen atoms in total. The Balaban J connectivity index is 3.10. The van der Waals surface area contributed by atoms with E-state index in [1.54, 1.807) is 0 Å². The summed E-state index contributed by atoms with van der Waals surface area (Å²) in [4.78, 5) is 10.6. The van der Waals surface area contributed by atoms with Crippen LogP contribution in [0.25, 0.3) is 0 Å². The molecule has 0 fully saturated rings. The van der Waals surface area contributed by atoms with Gasteiger partial charge in [-0.25, -0.2) is 0 Å². The third-order valence-electron chi connectivity index (χ3n) is 1.41. The van der Waals surface area contributed by atoms with Crippen molar-refractivity contribution in [2.75, 3.05) is 0 Å². The molecule has 13 heavy (non-hydrogen) atoms. The normalized spacial score (nSPS) is 11.3. The van der Waals surface area contributed by atoms with Crippen molar-refractivity contribution in [2.45, 2.75) is 6.18 Å². The summed E-state index contributed by atoms with van der Waals surface area (Å²) < 4.78 is 35.6. The van der Waals surface area contributed by atoms with Gasteiger partial charge in [-0.1, -0.05) is 12.1 Å². The second-order valence-corrected chi connectivity index (χ2v) is 2.34. The number of para-hydroxylation sites is 1. The molecule has 1 aromatic carbocycles. The number of ketones is 1. The molecule has 0 aliphatic rings. The van der Waals surface area contributed by atoms with E-state index >= 15 is 0 Å². The molecule has 70 valence electrons. The van der Waals surface area contributed by atoms with Gasteiger partial charge in [-0.2, -0.15) is 13.2 Å². The van der Waals surface area contributed by atoms with Gasteiger partial charge in [0.2, 0.25) is 0 Å². The van der Waals surface area contributed by atoms with E-state index in [1.165, 1.54) is 12.1 Å². The molecular weight excluding hydrogens is 185 g/mol. The van der Waals surface area contributed by atoms with E-state index in [2.05, 4.69) is 0 Å². The van der Waals surface area contributed by atoms with Gasteiger partial charge in [0.25, 0.3) is 5.78 Å². The summed E-state index contributed by atoms with van der Waals surface area (Å²) in [6, 6.07) is 4.53. The standard InChI is InChI=1S/C8H5F3O2/c9-8(10,11)7(13)5-3-1-2-4-6(5)12/h1-4,12H. The Labute approximate surface area is 71.6 Å². The summed E-state index contributed by atoms with van der Waals surface area (Å²) in [6.45, 7) is 0. The second-order valence-electron chi connectivity index (χ2n) is 2.34. The van der Waals surface area contributed by atoms with Gasteiger partial charge >= 0.3 is 6.18 Å². The van der Waals surface area contributed by atoms with Crippen LogP contribution in [0.1, 0.15) is 10.4 Å². The van der Waals surface area contributed by atoms with Crippen LogP contribution in [0.3, 0.4) is 0 Å². The van der Waals surface area contributed by atoms with Gasteiger partial charge in [0.15, 0.2) is 0 Å². The van der Waals surface area contributed by atoms with Crippen molar-refractivity contribution in [3.05, 3.63) is 29.8 Å². The van der Waals surface area contributed by atoms with E-state index in [9.17, 15) is 18.0 Å². The fraction of sp³-hybridized carbons (Fsp3) is 0.125. The zero-order valence-corrected chi connectivity index (χ0v) is 6.30. The molecular formula is C8H5F3O2. The van der Waals surface area contributed by atoms with Gasteiger partial charge < -0.3 is 5.11 Å². The molecule has 0 unspecified atom stereocenters. The number of phenols is 1. The first-order valence-corrected chi connectivity index (χ1v) is 3.32. The Kier molecular flexibility index (Phi) is 2.27. The van der Waals surface area contributed by atoms with Gasteiger partial charge in [-0.05, 0) is 12.1 Å². The topological polar surface area (TPSA) is 37.3 Å². The van der Waals surface area contributed by atoms with E-state index in [4.69, 9.17) is 5.11 Å². The lowest BCUT2D eigenvalue weighted by Gasteiger charge is -2.05. The Morgan fingerprint density at radius 1 is 1.23 bits per heavy atom. The van der Waals surface area contributed by atoms with Crippen molar-refractivity contribution in [1.82, 2.24) is 0 Å². The number of rotatable bonds is 1. The van der Waals surface area contributed by atoms with Gasteiger partial charge in [0.1, 0.15) is 5.75 Å². The Hall–Kier alpha value is -1.52. The Bertz CT molecular complexity index is 330. The first kappa shape index (κ1) is 9.57. The number of hydrogen-bond acceptors (Lipinski definition) is 2. The number of phenolic OH excluding ortho intramolecular Hbond substituents is 1. The number of Topliss-reactive ketones (excluding diaryl/α,β-unsaturated/α-hetero) is 1. The number of carbonyl (C=O) groups excluding carboxylic acids is 1. The van der Waals surface area contributed by atoms with Crippen LogP contribution in [0.15, 0.2) is 24.3 Å². The second kappa shape index (κ2) is 3.08. The molecule has 0 aliphatic heterocycles. The molecule has 0 saturated heterocycles. The highest BCUT2D eigenvalue weighted by Crippen LogP contribution is 2.26. The smallest absolute Gasteiger partial charge is 0.455 e. The fourth-order valence-corrected chi connectivity index (χ4v) is 0.818. The maximum Gasteiger partial charge on any atom is 0.455 e. The molecule has 1 rings (SSSR count). The summed E-state index contributed by atoms with van der Waals surface area (Å²) in [5.74, 6) is -2.70. The monoisotopic (exact) mass is 190 g/mol. The number of hydrogen-bond donors (Lipinski definition) is 1. The first-order chi connectivity index (χ1) is 5.93. The molecule has 0 aliphatic carbocycles. The molecule has 1 N–H and O–H groups in total. The highest BCUT2D eigenvalue weighted by Gasteiger charge is 2.40. The van der Waals surface area contributed by atoms with Crippen molar-refractivity contribution in [2.24, 2.45) is 0 Å². The number of halogens is 3. The van der Waals surface area contributed by atoms with Crippen LogP contribution in [0.2, 0.25) is 0 Å². The first-order valence-electron chi connectivity index (χ1n) is 3.32. The lowest BCUT2D eigenvalue weighted by atomic mass is 10.1. The molecule has 0 bridgehead atoms. The molecule has 0 heterocycles.